The van der Waals surface area contributed by atoms with Gasteiger partial charge in [-0.3, -0.25) is 4.72 Å². The number of nitrogens with one attached hydrogen (secondary N) is 1. The second kappa shape index (κ2) is 5.67. The number of nitrogen functional groups attached to an aromatic ring is 1. The Kier molecular flexibility index (Phi) is 4.27. The number of anilines is 2. The highest BCUT2D eigenvalue weighted by molar-refractivity contribution is 7.92. The molecule has 0 aromatic heterocycles. The number of rotatable bonds is 3. The zero-order chi connectivity index (χ0) is 15.8. The minimum atomic E-state index is -4.25. The average Bonchev–Trinajstić information content (AvgIpc) is 2.39. The predicted molar refractivity (Wildman–Crippen MR) is 78.0 cm³/mol. The second-order valence-electron chi connectivity index (χ2n) is 4.01. The Hall–Kier alpha value is -1.57. The molecule has 4 nitrogen and oxygen atoms in total. The molecule has 3 N–H and O–H groups in total. The maximum atomic E-state index is 13.6. The van der Waals surface area contributed by atoms with Crippen LogP contribution in [0.2, 0.25) is 10.0 Å². The molecule has 0 saturated heterocycles. The van der Waals surface area contributed by atoms with Crippen molar-refractivity contribution in [3.8, 4) is 0 Å². The Balaban J connectivity index is 2.49. The summed E-state index contributed by atoms with van der Waals surface area (Å²) in [7, 11) is -4.25. The van der Waals surface area contributed by atoms with E-state index in [1.807, 2.05) is 4.72 Å². The van der Waals surface area contributed by atoms with Crippen LogP contribution in [0, 0.1) is 11.6 Å². The van der Waals surface area contributed by atoms with Gasteiger partial charge in [-0.25, -0.2) is 17.2 Å². The third-order valence-corrected chi connectivity index (χ3v) is 4.73. The minimum Gasteiger partial charge on any atom is -0.397 e. The van der Waals surface area contributed by atoms with Crippen molar-refractivity contribution in [1.82, 2.24) is 0 Å². The van der Waals surface area contributed by atoms with E-state index in [2.05, 4.69) is 0 Å². The van der Waals surface area contributed by atoms with E-state index in [1.165, 1.54) is 6.07 Å². The van der Waals surface area contributed by atoms with Crippen LogP contribution in [0.5, 0.6) is 0 Å². The summed E-state index contributed by atoms with van der Waals surface area (Å²) in [6.45, 7) is 0. The zero-order valence-electron chi connectivity index (χ0n) is 10.2. The summed E-state index contributed by atoms with van der Waals surface area (Å²) in [5.74, 6) is -1.75. The first-order valence-corrected chi connectivity index (χ1v) is 7.67. The van der Waals surface area contributed by atoms with Gasteiger partial charge in [0.15, 0.2) is 5.82 Å². The summed E-state index contributed by atoms with van der Waals surface area (Å²) >= 11 is 11.1. The van der Waals surface area contributed by atoms with Crippen LogP contribution in [0.4, 0.5) is 20.2 Å². The van der Waals surface area contributed by atoms with Crippen molar-refractivity contribution >= 4 is 44.6 Å². The molecule has 0 radical (unpaired) electrons. The molecule has 0 aliphatic heterocycles. The van der Waals surface area contributed by atoms with Gasteiger partial charge in [-0.1, -0.05) is 23.2 Å². The molecule has 0 aliphatic rings. The third-order valence-electron chi connectivity index (χ3n) is 2.55. The van der Waals surface area contributed by atoms with E-state index >= 15 is 0 Å². The number of hydrogen-bond donors (Lipinski definition) is 2. The van der Waals surface area contributed by atoms with Gasteiger partial charge in [0.25, 0.3) is 10.0 Å². The van der Waals surface area contributed by atoms with E-state index in [4.69, 9.17) is 28.9 Å². The summed E-state index contributed by atoms with van der Waals surface area (Å²) in [5.41, 5.74) is 5.37. The third kappa shape index (κ3) is 3.20. The van der Waals surface area contributed by atoms with Gasteiger partial charge in [-0.05, 0) is 24.3 Å². The van der Waals surface area contributed by atoms with Crippen LogP contribution in [-0.4, -0.2) is 8.42 Å². The molecular formula is C12H8Cl2F2N2O2S. The topological polar surface area (TPSA) is 72.2 Å². The molecule has 21 heavy (non-hydrogen) atoms. The van der Waals surface area contributed by atoms with E-state index in [0.717, 1.165) is 24.3 Å². The predicted octanol–water partition coefficient (Wildman–Crippen LogP) is 3.65. The quantitative estimate of drug-likeness (QED) is 0.654. The molecule has 9 heteroatoms. The van der Waals surface area contributed by atoms with E-state index in [1.54, 1.807) is 0 Å². The van der Waals surface area contributed by atoms with Gasteiger partial charge in [-0.15, -0.1) is 0 Å². The fourth-order valence-corrected chi connectivity index (χ4v) is 3.36. The number of halogens is 4. The molecule has 0 spiro atoms. The van der Waals surface area contributed by atoms with Gasteiger partial charge in [-0.2, -0.15) is 0 Å². The summed E-state index contributed by atoms with van der Waals surface area (Å²) < 4.78 is 53.1. The van der Waals surface area contributed by atoms with Crippen LogP contribution in [0.1, 0.15) is 0 Å². The van der Waals surface area contributed by atoms with Crippen molar-refractivity contribution in [2.24, 2.45) is 0 Å². The minimum absolute atomic E-state index is 0.00512. The fraction of sp³-hybridized carbons (Fsp3) is 0. The van der Waals surface area contributed by atoms with Gasteiger partial charge in [0, 0.05) is 6.07 Å². The Morgan fingerprint density at radius 2 is 1.76 bits per heavy atom. The molecule has 0 fully saturated rings. The summed E-state index contributed by atoms with van der Waals surface area (Å²) in [6.07, 6.45) is 0. The summed E-state index contributed by atoms with van der Waals surface area (Å²) in [5, 5.41) is -0.978. The lowest BCUT2D eigenvalue weighted by Gasteiger charge is -2.12. The van der Waals surface area contributed by atoms with Crippen molar-refractivity contribution in [3.63, 3.8) is 0 Å². The van der Waals surface area contributed by atoms with Crippen LogP contribution in [-0.2, 0) is 10.0 Å². The maximum Gasteiger partial charge on any atom is 0.263 e. The maximum absolute atomic E-state index is 13.6. The van der Waals surface area contributed by atoms with Crippen LogP contribution >= 0.6 is 23.2 Å². The largest absolute Gasteiger partial charge is 0.397 e. The molecule has 112 valence electrons. The highest BCUT2D eigenvalue weighted by atomic mass is 35.5. The second-order valence-corrected chi connectivity index (χ2v) is 6.45. The highest BCUT2D eigenvalue weighted by Crippen LogP contribution is 2.31. The molecular weight excluding hydrogens is 345 g/mol. The Morgan fingerprint density at radius 3 is 2.43 bits per heavy atom. The molecule has 0 atom stereocenters. The Labute approximate surface area is 129 Å². The van der Waals surface area contributed by atoms with Crippen molar-refractivity contribution < 1.29 is 17.2 Å². The SMILES string of the molecule is Nc1ccc(F)cc1NS(=O)(=O)c1ccc(Cl)c(F)c1Cl. The molecule has 0 aliphatic carbocycles. The number of hydrogen-bond acceptors (Lipinski definition) is 3. The highest BCUT2D eigenvalue weighted by Gasteiger charge is 2.23. The number of nitrogens with two attached hydrogens (primary N) is 1. The Bertz CT molecular complexity index is 813. The lowest BCUT2D eigenvalue weighted by Crippen LogP contribution is -2.15. The zero-order valence-corrected chi connectivity index (χ0v) is 12.5. The Morgan fingerprint density at radius 1 is 1.10 bits per heavy atom. The standard InChI is InChI=1S/C12H8Cl2F2N2O2S/c13-7-2-4-10(11(14)12(7)16)21(19,20)18-9-5-6(15)1-3-8(9)17/h1-5,18H,17H2. The normalized spacial score (nSPS) is 11.4. The van der Waals surface area contributed by atoms with E-state index < -0.39 is 31.6 Å². The van der Waals surface area contributed by atoms with Crippen LogP contribution in [0.15, 0.2) is 35.2 Å². The molecule has 0 heterocycles. The van der Waals surface area contributed by atoms with Gasteiger partial charge in [0.05, 0.1) is 21.4 Å². The summed E-state index contributed by atoms with van der Waals surface area (Å²) in [6, 6.07) is 5.24. The molecule has 0 saturated carbocycles. The van der Waals surface area contributed by atoms with Crippen molar-refractivity contribution in [2.45, 2.75) is 4.90 Å². The van der Waals surface area contributed by atoms with Gasteiger partial charge in [0.2, 0.25) is 0 Å². The average molecular weight is 353 g/mol. The monoisotopic (exact) mass is 352 g/mol. The van der Waals surface area contributed by atoms with Crippen molar-refractivity contribution in [1.29, 1.82) is 0 Å². The summed E-state index contributed by atoms with van der Waals surface area (Å²) in [4.78, 5) is -0.533. The molecule has 0 unspecified atom stereocenters. The van der Waals surface area contributed by atoms with E-state index in [-0.39, 0.29) is 16.4 Å². The van der Waals surface area contributed by atoms with Gasteiger partial charge < -0.3 is 5.73 Å². The molecule has 2 rings (SSSR count). The molecule has 2 aromatic rings. The first kappa shape index (κ1) is 15.8. The van der Waals surface area contributed by atoms with Gasteiger partial charge >= 0.3 is 0 Å². The van der Waals surface area contributed by atoms with Crippen molar-refractivity contribution in [3.05, 3.63) is 52.0 Å². The number of sulfonamides is 1. The first-order valence-electron chi connectivity index (χ1n) is 5.43. The lowest BCUT2D eigenvalue weighted by molar-refractivity contribution is 0.595. The molecule has 0 amide bonds. The molecule has 0 bridgehead atoms. The lowest BCUT2D eigenvalue weighted by atomic mass is 10.3. The first-order chi connectivity index (χ1) is 9.72. The number of benzene rings is 2. The van der Waals surface area contributed by atoms with Crippen LogP contribution in [0.25, 0.3) is 0 Å². The van der Waals surface area contributed by atoms with E-state index in [9.17, 15) is 17.2 Å². The van der Waals surface area contributed by atoms with Crippen LogP contribution < -0.4 is 10.5 Å². The smallest absolute Gasteiger partial charge is 0.263 e. The van der Waals surface area contributed by atoms with Crippen molar-refractivity contribution in [2.75, 3.05) is 10.5 Å². The fourth-order valence-electron chi connectivity index (χ4n) is 1.53. The molecule has 2 aromatic carbocycles. The van der Waals surface area contributed by atoms with E-state index in [0.29, 0.717) is 0 Å². The van der Waals surface area contributed by atoms with Gasteiger partial charge in [0.1, 0.15) is 10.7 Å². The van der Waals surface area contributed by atoms with Crippen LogP contribution in [0.3, 0.4) is 0 Å².